The predicted molar refractivity (Wildman–Crippen MR) is 136 cm³/mol. The van der Waals surface area contributed by atoms with Gasteiger partial charge >= 0.3 is 6.03 Å². The van der Waals surface area contributed by atoms with Crippen LogP contribution in [0.5, 0.6) is 0 Å². The number of likely N-dealkylation sites (N-methyl/N-ethyl adjacent to an activating group) is 1. The summed E-state index contributed by atoms with van der Waals surface area (Å²) in [5.74, 6) is -0.427. The van der Waals surface area contributed by atoms with E-state index in [1.54, 1.807) is 6.33 Å². The number of nitrogens with two attached hydrogens (primary N) is 1. The monoisotopic (exact) mass is 510 g/mol. The summed E-state index contributed by atoms with van der Waals surface area (Å²) in [6.07, 6.45) is 1.71. The second-order valence-corrected chi connectivity index (χ2v) is 10.1. The molecule has 2 aromatic heterocycles. The highest BCUT2D eigenvalue weighted by atomic mass is 16.8. The Balaban J connectivity index is 1.17. The second kappa shape index (κ2) is 10.2. The summed E-state index contributed by atoms with van der Waals surface area (Å²) in [6.45, 7) is 8.03. The number of nitrogens with one attached hydrogen (secondary N) is 2. The van der Waals surface area contributed by atoms with E-state index in [9.17, 15) is 4.79 Å². The van der Waals surface area contributed by atoms with Crippen LogP contribution in [0.4, 0.5) is 10.6 Å². The fourth-order valence-corrected chi connectivity index (χ4v) is 4.91. The maximum atomic E-state index is 12.2. The molecule has 0 bridgehead atoms. The van der Waals surface area contributed by atoms with E-state index >= 15 is 0 Å². The molecule has 0 spiro atoms. The lowest BCUT2D eigenvalue weighted by molar-refractivity contribution is -0.197. The molecule has 1 aromatic carbocycles. The SMILES string of the molecule is Cc1cccc(CNC(=O)NCCN(C)C[C@H]2O[C@@H](n3cnc4c(N)ncnc43)[C@@H]3OC(C)(C)O[C@@H]32)c1. The van der Waals surface area contributed by atoms with Crippen LogP contribution in [0.3, 0.4) is 0 Å². The zero-order valence-electron chi connectivity index (χ0n) is 21.5. The van der Waals surface area contributed by atoms with Crippen molar-refractivity contribution >= 4 is 23.0 Å². The van der Waals surface area contributed by atoms with Gasteiger partial charge in [-0.25, -0.2) is 19.7 Å². The maximum Gasteiger partial charge on any atom is 0.315 e. The van der Waals surface area contributed by atoms with Crippen molar-refractivity contribution < 1.29 is 19.0 Å². The van der Waals surface area contributed by atoms with Gasteiger partial charge in [-0.2, -0.15) is 0 Å². The van der Waals surface area contributed by atoms with E-state index in [-0.39, 0.29) is 24.3 Å². The van der Waals surface area contributed by atoms with Crippen molar-refractivity contribution in [2.45, 2.75) is 57.6 Å². The van der Waals surface area contributed by atoms with Crippen molar-refractivity contribution in [2.24, 2.45) is 0 Å². The molecule has 0 radical (unpaired) electrons. The number of amides is 2. The van der Waals surface area contributed by atoms with Crippen LogP contribution in [-0.4, -0.2) is 81.2 Å². The summed E-state index contributed by atoms with van der Waals surface area (Å²) in [4.78, 5) is 27.1. The van der Waals surface area contributed by atoms with E-state index in [1.807, 2.05) is 50.6 Å². The number of anilines is 1. The third-order valence-corrected chi connectivity index (χ3v) is 6.59. The summed E-state index contributed by atoms with van der Waals surface area (Å²) in [6, 6.07) is 7.87. The van der Waals surface area contributed by atoms with Gasteiger partial charge in [0, 0.05) is 26.2 Å². The number of imidazole rings is 1. The molecule has 5 rings (SSSR count). The van der Waals surface area contributed by atoms with Crippen LogP contribution in [0.25, 0.3) is 11.2 Å². The lowest BCUT2D eigenvalue weighted by Gasteiger charge is -2.27. The first-order chi connectivity index (χ1) is 17.7. The number of urea groups is 1. The van der Waals surface area contributed by atoms with Crippen LogP contribution in [0.2, 0.25) is 0 Å². The van der Waals surface area contributed by atoms with Gasteiger partial charge in [0.15, 0.2) is 23.5 Å². The molecule has 2 aliphatic rings. The number of hydrogen-bond acceptors (Lipinski definition) is 9. The van der Waals surface area contributed by atoms with E-state index in [0.717, 1.165) is 5.56 Å². The van der Waals surface area contributed by atoms with Gasteiger partial charge in [0.05, 0.1) is 6.33 Å². The van der Waals surface area contributed by atoms with Gasteiger partial charge in [0.1, 0.15) is 30.2 Å². The zero-order chi connectivity index (χ0) is 26.2. The topological polar surface area (TPSA) is 142 Å². The Morgan fingerprint density at radius 1 is 1.19 bits per heavy atom. The molecule has 4 heterocycles. The average molecular weight is 511 g/mol. The zero-order valence-corrected chi connectivity index (χ0v) is 21.5. The Morgan fingerprint density at radius 2 is 2.00 bits per heavy atom. The minimum atomic E-state index is -0.741. The number of rotatable bonds is 8. The highest BCUT2D eigenvalue weighted by Gasteiger charge is 2.56. The molecule has 0 unspecified atom stereocenters. The number of hydrogen-bond donors (Lipinski definition) is 3. The number of carbonyl (C=O) groups excluding carboxylic acids is 1. The van der Waals surface area contributed by atoms with E-state index in [4.69, 9.17) is 19.9 Å². The molecule has 0 saturated carbocycles. The molecule has 12 heteroatoms. The number of aryl methyl sites for hydroxylation is 1. The molecule has 4 atom stereocenters. The van der Waals surface area contributed by atoms with Crippen molar-refractivity contribution in [2.75, 3.05) is 32.4 Å². The standard InChI is InChI=1S/C25H34N8O4/c1-15-6-5-7-16(10-15)11-28-24(34)27-8-9-32(4)12-17-19-20(37-25(2,3)36-19)23(35-17)33-14-31-18-21(26)29-13-30-22(18)33/h5-7,10,13-14,17,19-20,23H,8-9,11-12H2,1-4H3,(H2,26,29,30)(H2,27,28,34)/t17-,19-,20-,23-/m1/s1. The lowest BCUT2D eigenvalue weighted by Crippen LogP contribution is -2.43. The summed E-state index contributed by atoms with van der Waals surface area (Å²) in [5, 5.41) is 5.81. The first-order valence-electron chi connectivity index (χ1n) is 12.4. The van der Waals surface area contributed by atoms with Gasteiger partial charge < -0.3 is 35.5 Å². The molecule has 2 aliphatic heterocycles. The second-order valence-electron chi connectivity index (χ2n) is 10.1. The van der Waals surface area contributed by atoms with E-state index < -0.39 is 12.0 Å². The number of nitrogen functional groups attached to an aromatic ring is 1. The van der Waals surface area contributed by atoms with Gasteiger partial charge in [-0.1, -0.05) is 29.8 Å². The largest absolute Gasteiger partial charge is 0.382 e. The molecule has 3 aromatic rings. The van der Waals surface area contributed by atoms with Crippen LogP contribution >= 0.6 is 0 Å². The van der Waals surface area contributed by atoms with Gasteiger partial charge in [-0.15, -0.1) is 0 Å². The first-order valence-corrected chi connectivity index (χ1v) is 12.4. The molecule has 2 fully saturated rings. The van der Waals surface area contributed by atoms with Crippen LogP contribution in [0.15, 0.2) is 36.9 Å². The Morgan fingerprint density at radius 3 is 2.81 bits per heavy atom. The van der Waals surface area contributed by atoms with Crippen LogP contribution in [0, 0.1) is 6.92 Å². The predicted octanol–water partition coefficient (Wildman–Crippen LogP) is 1.57. The van der Waals surface area contributed by atoms with Crippen molar-refractivity contribution in [1.29, 1.82) is 0 Å². The smallest absolute Gasteiger partial charge is 0.315 e. The van der Waals surface area contributed by atoms with Crippen molar-refractivity contribution in [3.63, 3.8) is 0 Å². The number of nitrogens with zero attached hydrogens (tertiary/aromatic N) is 5. The molecular formula is C25H34N8O4. The van der Waals surface area contributed by atoms with Gasteiger partial charge in [-0.05, 0) is 33.4 Å². The Hall–Kier alpha value is -3.32. The van der Waals surface area contributed by atoms with Gasteiger partial charge in [0.25, 0.3) is 0 Å². The van der Waals surface area contributed by atoms with E-state index in [2.05, 4.69) is 36.6 Å². The quantitative estimate of drug-likeness (QED) is 0.412. The number of carbonyl (C=O) groups is 1. The van der Waals surface area contributed by atoms with Crippen LogP contribution in [-0.2, 0) is 20.8 Å². The van der Waals surface area contributed by atoms with Gasteiger partial charge in [0.2, 0.25) is 0 Å². The number of fused-ring (bicyclic) bond motifs is 2. The molecule has 12 nitrogen and oxygen atoms in total. The number of aromatic nitrogens is 4. The Kier molecular flexibility index (Phi) is 6.99. The lowest BCUT2D eigenvalue weighted by atomic mass is 10.1. The van der Waals surface area contributed by atoms with Crippen LogP contribution in [0.1, 0.15) is 31.2 Å². The van der Waals surface area contributed by atoms with Crippen molar-refractivity contribution in [3.8, 4) is 0 Å². The molecule has 198 valence electrons. The van der Waals surface area contributed by atoms with E-state index in [0.29, 0.717) is 43.2 Å². The third-order valence-electron chi connectivity index (χ3n) is 6.59. The minimum Gasteiger partial charge on any atom is -0.382 e. The van der Waals surface area contributed by atoms with E-state index in [1.165, 1.54) is 11.9 Å². The maximum absolute atomic E-state index is 12.2. The summed E-state index contributed by atoms with van der Waals surface area (Å²) >= 11 is 0. The van der Waals surface area contributed by atoms with Crippen molar-refractivity contribution in [3.05, 3.63) is 48.0 Å². The third kappa shape index (κ3) is 5.52. The number of benzene rings is 1. The fourth-order valence-electron chi connectivity index (χ4n) is 4.91. The molecule has 2 saturated heterocycles. The fraction of sp³-hybridized carbons (Fsp3) is 0.520. The minimum absolute atomic E-state index is 0.199. The Bertz CT molecular complexity index is 1260. The molecule has 0 aliphatic carbocycles. The van der Waals surface area contributed by atoms with Crippen molar-refractivity contribution in [1.82, 2.24) is 35.1 Å². The molecular weight excluding hydrogens is 476 g/mol. The molecule has 2 amide bonds. The normalized spacial score (nSPS) is 24.5. The Labute approximate surface area is 215 Å². The highest BCUT2D eigenvalue weighted by molar-refractivity contribution is 5.81. The number of ether oxygens (including phenoxy) is 3. The summed E-state index contributed by atoms with van der Waals surface area (Å²) in [7, 11) is 1.99. The summed E-state index contributed by atoms with van der Waals surface area (Å²) in [5.41, 5.74) is 9.30. The average Bonchev–Trinajstić information content (AvgIpc) is 3.50. The highest BCUT2D eigenvalue weighted by Crippen LogP contribution is 2.43. The van der Waals surface area contributed by atoms with Crippen LogP contribution < -0.4 is 16.4 Å². The molecule has 4 N–H and O–H groups in total. The van der Waals surface area contributed by atoms with Gasteiger partial charge in [-0.3, -0.25) is 4.57 Å². The first kappa shape index (κ1) is 25.3. The molecule has 37 heavy (non-hydrogen) atoms. The summed E-state index contributed by atoms with van der Waals surface area (Å²) < 4.78 is 20.7.